The van der Waals surface area contributed by atoms with E-state index in [0.29, 0.717) is 44.0 Å². The van der Waals surface area contributed by atoms with Gasteiger partial charge in [0, 0.05) is 19.0 Å². The predicted molar refractivity (Wildman–Crippen MR) is 87.4 cm³/mol. The summed E-state index contributed by atoms with van der Waals surface area (Å²) in [4.78, 5) is 26.2. The van der Waals surface area contributed by atoms with Gasteiger partial charge in [0.1, 0.15) is 0 Å². The zero-order valence-electron chi connectivity index (χ0n) is 14.1. The number of hydrogen-bond donors (Lipinski definition) is 0. The minimum atomic E-state index is -0.242. The molecule has 1 heterocycles. The summed E-state index contributed by atoms with van der Waals surface area (Å²) >= 11 is 0. The molecule has 0 spiro atoms. The third-order valence-electron chi connectivity index (χ3n) is 3.99. The van der Waals surface area contributed by atoms with E-state index in [1.54, 1.807) is 12.1 Å². The van der Waals surface area contributed by atoms with Crippen molar-refractivity contribution in [1.82, 2.24) is 4.90 Å². The quantitative estimate of drug-likeness (QED) is 0.618. The van der Waals surface area contributed by atoms with Crippen molar-refractivity contribution in [2.24, 2.45) is 11.8 Å². The van der Waals surface area contributed by atoms with Crippen molar-refractivity contribution in [2.45, 2.75) is 33.6 Å². The maximum atomic E-state index is 12.4. The van der Waals surface area contributed by atoms with Crippen LogP contribution in [-0.4, -0.2) is 36.5 Å². The Balaban J connectivity index is 1.92. The normalized spacial score (nSPS) is 15.6. The number of hydrogen-bond acceptors (Lipinski definition) is 4. The number of amides is 1. The van der Waals surface area contributed by atoms with Crippen LogP contribution in [0.5, 0.6) is 11.5 Å². The standard InChI is InChI=1S/C18H25NO4/c1-4-22-15-7-5-6-8-16(15)23-18(21)14-9-11-19(12-10-14)17(20)13(2)3/h5-8,13-14H,4,9-12H2,1-3H3. The Morgan fingerprint density at radius 1 is 1.17 bits per heavy atom. The monoisotopic (exact) mass is 319 g/mol. The van der Waals surface area contributed by atoms with Gasteiger partial charge < -0.3 is 14.4 Å². The largest absolute Gasteiger partial charge is 0.490 e. The average molecular weight is 319 g/mol. The molecule has 1 amide bonds. The molecule has 1 aliphatic heterocycles. The molecule has 1 aromatic carbocycles. The summed E-state index contributed by atoms with van der Waals surface area (Å²) in [7, 11) is 0. The fourth-order valence-electron chi connectivity index (χ4n) is 2.70. The maximum Gasteiger partial charge on any atom is 0.314 e. The smallest absolute Gasteiger partial charge is 0.314 e. The molecule has 5 nitrogen and oxygen atoms in total. The van der Waals surface area contributed by atoms with Gasteiger partial charge in [-0.2, -0.15) is 0 Å². The van der Waals surface area contributed by atoms with Gasteiger partial charge in [0.2, 0.25) is 5.91 Å². The van der Waals surface area contributed by atoms with Gasteiger partial charge in [-0.15, -0.1) is 0 Å². The van der Waals surface area contributed by atoms with Crippen molar-refractivity contribution >= 4 is 11.9 Å². The van der Waals surface area contributed by atoms with Crippen LogP contribution in [0.1, 0.15) is 33.6 Å². The molecule has 0 saturated carbocycles. The van der Waals surface area contributed by atoms with E-state index < -0.39 is 0 Å². The lowest BCUT2D eigenvalue weighted by Crippen LogP contribution is -2.42. The van der Waals surface area contributed by atoms with E-state index >= 15 is 0 Å². The number of para-hydroxylation sites is 2. The number of ether oxygens (including phenoxy) is 2. The summed E-state index contributed by atoms with van der Waals surface area (Å²) in [5, 5.41) is 0. The highest BCUT2D eigenvalue weighted by atomic mass is 16.6. The third-order valence-corrected chi connectivity index (χ3v) is 3.99. The summed E-state index contributed by atoms with van der Waals surface area (Å²) in [6, 6.07) is 7.18. The Bertz CT molecular complexity index is 548. The number of carbonyl (C=O) groups excluding carboxylic acids is 2. The molecule has 5 heteroatoms. The van der Waals surface area contributed by atoms with E-state index in [0.717, 1.165) is 0 Å². The minimum absolute atomic E-state index is 0.00317. The van der Waals surface area contributed by atoms with Crippen molar-refractivity contribution in [3.63, 3.8) is 0 Å². The van der Waals surface area contributed by atoms with Gasteiger partial charge in [-0.3, -0.25) is 9.59 Å². The second kappa shape index (κ2) is 7.99. The van der Waals surface area contributed by atoms with Crippen molar-refractivity contribution in [1.29, 1.82) is 0 Å². The van der Waals surface area contributed by atoms with Gasteiger partial charge >= 0.3 is 5.97 Å². The van der Waals surface area contributed by atoms with E-state index in [9.17, 15) is 9.59 Å². The van der Waals surface area contributed by atoms with Crippen LogP contribution < -0.4 is 9.47 Å². The summed E-state index contributed by atoms with van der Waals surface area (Å²) < 4.78 is 11.0. The molecule has 0 radical (unpaired) electrons. The highest BCUT2D eigenvalue weighted by Gasteiger charge is 2.29. The molecule has 1 aromatic rings. The van der Waals surface area contributed by atoms with Crippen LogP contribution in [0.2, 0.25) is 0 Å². The first-order valence-corrected chi connectivity index (χ1v) is 8.25. The van der Waals surface area contributed by atoms with Crippen LogP contribution in [0.3, 0.4) is 0 Å². The fraction of sp³-hybridized carbons (Fsp3) is 0.556. The van der Waals surface area contributed by atoms with Gasteiger partial charge in [0.05, 0.1) is 12.5 Å². The van der Waals surface area contributed by atoms with E-state index in [1.807, 2.05) is 37.8 Å². The highest BCUT2D eigenvalue weighted by molar-refractivity contribution is 5.79. The Kier molecular flexibility index (Phi) is 6.02. The van der Waals surface area contributed by atoms with Gasteiger partial charge in [-0.25, -0.2) is 0 Å². The molecule has 1 saturated heterocycles. The first-order chi connectivity index (χ1) is 11.0. The van der Waals surface area contributed by atoms with Crippen LogP contribution in [0, 0.1) is 11.8 Å². The molecule has 126 valence electrons. The summed E-state index contributed by atoms with van der Waals surface area (Å²) in [5.41, 5.74) is 0. The number of esters is 1. The van der Waals surface area contributed by atoms with Gasteiger partial charge in [-0.05, 0) is 31.9 Å². The average Bonchev–Trinajstić information content (AvgIpc) is 2.56. The van der Waals surface area contributed by atoms with E-state index in [4.69, 9.17) is 9.47 Å². The first kappa shape index (κ1) is 17.3. The molecule has 0 atom stereocenters. The van der Waals surface area contributed by atoms with Crippen LogP contribution in [0.4, 0.5) is 0 Å². The Morgan fingerprint density at radius 3 is 2.35 bits per heavy atom. The highest BCUT2D eigenvalue weighted by Crippen LogP contribution is 2.28. The van der Waals surface area contributed by atoms with Crippen molar-refractivity contribution in [2.75, 3.05) is 19.7 Å². The maximum absolute atomic E-state index is 12.4. The van der Waals surface area contributed by atoms with Crippen molar-refractivity contribution in [3.8, 4) is 11.5 Å². The second-order valence-electron chi connectivity index (χ2n) is 6.06. The minimum Gasteiger partial charge on any atom is -0.490 e. The number of benzene rings is 1. The number of nitrogens with zero attached hydrogens (tertiary/aromatic N) is 1. The van der Waals surface area contributed by atoms with E-state index in [-0.39, 0.29) is 23.7 Å². The molecule has 0 aromatic heterocycles. The second-order valence-corrected chi connectivity index (χ2v) is 6.06. The summed E-state index contributed by atoms with van der Waals surface area (Å²) in [6.45, 7) is 7.43. The molecule has 1 fully saturated rings. The van der Waals surface area contributed by atoms with Crippen LogP contribution in [0.15, 0.2) is 24.3 Å². The molecular formula is C18H25NO4. The number of rotatable bonds is 5. The molecule has 1 aliphatic rings. The fourth-order valence-corrected chi connectivity index (χ4v) is 2.70. The molecule has 23 heavy (non-hydrogen) atoms. The molecule has 0 bridgehead atoms. The number of piperidine rings is 1. The summed E-state index contributed by atoms with van der Waals surface area (Å²) in [6.07, 6.45) is 1.29. The van der Waals surface area contributed by atoms with Crippen LogP contribution >= 0.6 is 0 Å². The number of likely N-dealkylation sites (tertiary alicyclic amines) is 1. The molecule has 0 aliphatic carbocycles. The van der Waals surface area contributed by atoms with Crippen molar-refractivity contribution in [3.05, 3.63) is 24.3 Å². The van der Waals surface area contributed by atoms with Gasteiger partial charge in [-0.1, -0.05) is 26.0 Å². The lowest BCUT2D eigenvalue weighted by Gasteiger charge is -2.32. The van der Waals surface area contributed by atoms with Crippen molar-refractivity contribution < 1.29 is 19.1 Å². The molecular weight excluding hydrogens is 294 g/mol. The van der Waals surface area contributed by atoms with E-state index in [2.05, 4.69) is 0 Å². The molecule has 2 rings (SSSR count). The summed E-state index contributed by atoms with van der Waals surface area (Å²) in [5.74, 6) is 0.778. The van der Waals surface area contributed by atoms with Crippen LogP contribution in [0.25, 0.3) is 0 Å². The lowest BCUT2D eigenvalue weighted by molar-refractivity contribution is -0.144. The Morgan fingerprint density at radius 2 is 1.78 bits per heavy atom. The van der Waals surface area contributed by atoms with E-state index in [1.165, 1.54) is 0 Å². The number of carbonyl (C=O) groups is 2. The van der Waals surface area contributed by atoms with Gasteiger partial charge in [0.15, 0.2) is 11.5 Å². The Labute approximate surface area is 137 Å². The third kappa shape index (κ3) is 4.47. The molecule has 0 N–H and O–H groups in total. The first-order valence-electron chi connectivity index (χ1n) is 8.25. The predicted octanol–water partition coefficient (Wildman–Crippen LogP) is 2.89. The van der Waals surface area contributed by atoms with Crippen LogP contribution in [-0.2, 0) is 9.59 Å². The SMILES string of the molecule is CCOc1ccccc1OC(=O)C1CCN(C(=O)C(C)C)CC1. The lowest BCUT2D eigenvalue weighted by atomic mass is 9.96. The zero-order valence-corrected chi connectivity index (χ0v) is 14.1. The van der Waals surface area contributed by atoms with Gasteiger partial charge in [0.25, 0.3) is 0 Å². The topological polar surface area (TPSA) is 55.8 Å². The Hall–Kier alpha value is -2.04. The molecule has 0 unspecified atom stereocenters. The zero-order chi connectivity index (χ0) is 16.8.